The minimum Gasteiger partial charge on any atom is -0.224 e. The van der Waals surface area contributed by atoms with Gasteiger partial charge in [0.15, 0.2) is 0 Å². The Bertz CT molecular complexity index is 579. The Kier molecular flexibility index (Phi) is 3.75. The Morgan fingerprint density at radius 3 is 2.26 bits per heavy atom. The monoisotopic (exact) mass is 286 g/mol. The number of benzene rings is 1. The first-order chi connectivity index (χ1) is 8.90. The van der Waals surface area contributed by atoms with Gasteiger partial charge >= 0.3 is 6.18 Å². The van der Waals surface area contributed by atoms with Gasteiger partial charge in [-0.15, -0.1) is 0 Å². The van der Waals surface area contributed by atoms with Crippen LogP contribution in [0.25, 0.3) is 11.3 Å². The zero-order valence-electron chi connectivity index (χ0n) is 10.0. The number of hydrogen-bond acceptors (Lipinski definition) is 2. The number of aromatic nitrogens is 2. The van der Waals surface area contributed by atoms with Crippen molar-refractivity contribution in [3.05, 3.63) is 46.9 Å². The second-order valence-corrected chi connectivity index (χ2v) is 4.34. The molecule has 19 heavy (non-hydrogen) atoms. The van der Waals surface area contributed by atoms with E-state index < -0.39 is 12.0 Å². The predicted molar refractivity (Wildman–Crippen MR) is 66.9 cm³/mol. The highest BCUT2D eigenvalue weighted by molar-refractivity contribution is 6.29. The molecule has 2 aromatic rings. The molecule has 0 saturated carbocycles. The van der Waals surface area contributed by atoms with Gasteiger partial charge in [0.05, 0.1) is 5.69 Å². The molecule has 1 heterocycles. The number of rotatable bonds is 2. The summed E-state index contributed by atoms with van der Waals surface area (Å²) in [6, 6.07) is 8.45. The van der Waals surface area contributed by atoms with Crippen molar-refractivity contribution in [1.29, 1.82) is 0 Å². The molecule has 0 aliphatic heterocycles. The van der Waals surface area contributed by atoms with Gasteiger partial charge in [-0.1, -0.05) is 42.8 Å². The molecule has 0 saturated heterocycles. The van der Waals surface area contributed by atoms with Crippen LogP contribution >= 0.6 is 11.6 Å². The molecule has 0 amide bonds. The van der Waals surface area contributed by atoms with Gasteiger partial charge in [0, 0.05) is 11.6 Å². The Morgan fingerprint density at radius 1 is 1.11 bits per heavy atom. The SMILES string of the molecule is CCc1ccc(-c2cc(Cl)nc(C(F)(F)F)n2)cc1. The highest BCUT2D eigenvalue weighted by Crippen LogP contribution is 2.29. The molecule has 0 aliphatic rings. The van der Waals surface area contributed by atoms with E-state index in [0.29, 0.717) is 5.56 Å². The van der Waals surface area contributed by atoms with Gasteiger partial charge in [0.25, 0.3) is 0 Å². The maximum Gasteiger partial charge on any atom is 0.451 e. The first-order valence-electron chi connectivity index (χ1n) is 5.61. The van der Waals surface area contributed by atoms with Crippen LogP contribution in [0.15, 0.2) is 30.3 Å². The van der Waals surface area contributed by atoms with Crippen LogP contribution in [0.3, 0.4) is 0 Å². The Hall–Kier alpha value is -1.62. The first-order valence-corrected chi connectivity index (χ1v) is 5.99. The third-order valence-electron chi connectivity index (χ3n) is 2.61. The van der Waals surface area contributed by atoms with Crippen LogP contribution in [0.5, 0.6) is 0 Å². The molecule has 0 radical (unpaired) electrons. The Balaban J connectivity index is 2.46. The molecule has 0 bridgehead atoms. The van der Waals surface area contributed by atoms with E-state index in [1.165, 1.54) is 6.07 Å². The van der Waals surface area contributed by atoms with Gasteiger partial charge in [-0.2, -0.15) is 13.2 Å². The van der Waals surface area contributed by atoms with E-state index in [4.69, 9.17) is 11.6 Å². The number of nitrogens with zero attached hydrogens (tertiary/aromatic N) is 2. The van der Waals surface area contributed by atoms with E-state index in [0.717, 1.165) is 12.0 Å². The smallest absolute Gasteiger partial charge is 0.224 e. The minimum atomic E-state index is -4.61. The van der Waals surface area contributed by atoms with Crippen molar-refractivity contribution >= 4 is 11.6 Å². The molecule has 0 aliphatic carbocycles. The van der Waals surface area contributed by atoms with Crippen molar-refractivity contribution < 1.29 is 13.2 Å². The fourth-order valence-electron chi connectivity index (χ4n) is 1.60. The topological polar surface area (TPSA) is 25.8 Å². The lowest BCUT2D eigenvalue weighted by atomic mass is 10.1. The number of halogens is 4. The van der Waals surface area contributed by atoms with Crippen molar-refractivity contribution in [3.63, 3.8) is 0 Å². The standard InChI is InChI=1S/C13H10ClF3N2/c1-2-8-3-5-9(6-4-8)10-7-11(14)19-12(18-10)13(15,16)17/h3-7H,2H2,1H3. The van der Waals surface area contributed by atoms with Crippen LogP contribution in [-0.2, 0) is 12.6 Å². The third-order valence-corrected chi connectivity index (χ3v) is 2.80. The Labute approximate surface area is 113 Å². The van der Waals surface area contributed by atoms with E-state index in [-0.39, 0.29) is 10.8 Å². The molecule has 100 valence electrons. The van der Waals surface area contributed by atoms with Crippen molar-refractivity contribution in [1.82, 2.24) is 9.97 Å². The van der Waals surface area contributed by atoms with E-state index in [1.54, 1.807) is 12.1 Å². The minimum absolute atomic E-state index is 0.162. The lowest BCUT2D eigenvalue weighted by Gasteiger charge is -2.08. The van der Waals surface area contributed by atoms with Gasteiger partial charge < -0.3 is 0 Å². The van der Waals surface area contributed by atoms with Gasteiger partial charge in [0.2, 0.25) is 5.82 Å². The first kappa shape index (κ1) is 13.8. The quantitative estimate of drug-likeness (QED) is 0.766. The molecule has 6 heteroatoms. The summed E-state index contributed by atoms with van der Waals surface area (Å²) in [6.07, 6.45) is -3.75. The highest BCUT2D eigenvalue weighted by Gasteiger charge is 2.35. The molecule has 0 unspecified atom stereocenters. The zero-order valence-corrected chi connectivity index (χ0v) is 10.8. The summed E-state index contributed by atoms with van der Waals surface area (Å²) in [6.45, 7) is 2.00. The maximum absolute atomic E-state index is 12.6. The Morgan fingerprint density at radius 2 is 1.74 bits per heavy atom. The molecule has 2 rings (SSSR count). The zero-order chi connectivity index (χ0) is 14.0. The van der Waals surface area contributed by atoms with E-state index in [2.05, 4.69) is 9.97 Å². The fourth-order valence-corrected chi connectivity index (χ4v) is 1.79. The summed E-state index contributed by atoms with van der Waals surface area (Å²) in [5, 5.41) is -0.225. The summed E-state index contributed by atoms with van der Waals surface area (Å²) in [5.41, 5.74) is 1.84. The number of aryl methyl sites for hydroxylation is 1. The summed E-state index contributed by atoms with van der Waals surface area (Å²) < 4.78 is 37.8. The van der Waals surface area contributed by atoms with Crippen LogP contribution in [0.2, 0.25) is 5.15 Å². The average molecular weight is 287 g/mol. The molecule has 1 aromatic heterocycles. The van der Waals surface area contributed by atoms with Crippen molar-refractivity contribution in [2.45, 2.75) is 19.5 Å². The lowest BCUT2D eigenvalue weighted by molar-refractivity contribution is -0.144. The van der Waals surface area contributed by atoms with Gasteiger partial charge in [0.1, 0.15) is 5.15 Å². The fraction of sp³-hybridized carbons (Fsp3) is 0.231. The highest BCUT2D eigenvalue weighted by atomic mass is 35.5. The number of hydrogen-bond donors (Lipinski definition) is 0. The molecular formula is C13H10ClF3N2. The molecule has 1 aromatic carbocycles. The summed E-state index contributed by atoms with van der Waals surface area (Å²) in [4.78, 5) is 6.70. The molecule has 0 N–H and O–H groups in total. The molecular weight excluding hydrogens is 277 g/mol. The maximum atomic E-state index is 12.6. The molecule has 2 nitrogen and oxygen atoms in total. The molecule has 0 fully saturated rings. The largest absolute Gasteiger partial charge is 0.451 e. The van der Waals surface area contributed by atoms with Crippen molar-refractivity contribution in [2.75, 3.05) is 0 Å². The van der Waals surface area contributed by atoms with Crippen LogP contribution in [0.4, 0.5) is 13.2 Å². The van der Waals surface area contributed by atoms with Crippen LogP contribution < -0.4 is 0 Å². The number of alkyl halides is 3. The van der Waals surface area contributed by atoms with E-state index >= 15 is 0 Å². The van der Waals surface area contributed by atoms with Crippen LogP contribution in [-0.4, -0.2) is 9.97 Å². The lowest BCUT2D eigenvalue weighted by Crippen LogP contribution is -2.11. The second-order valence-electron chi connectivity index (χ2n) is 3.95. The van der Waals surface area contributed by atoms with E-state index in [9.17, 15) is 13.2 Å². The second kappa shape index (κ2) is 5.17. The third kappa shape index (κ3) is 3.23. The van der Waals surface area contributed by atoms with Gasteiger partial charge in [-0.3, -0.25) is 0 Å². The summed E-state index contributed by atoms with van der Waals surface area (Å²) in [7, 11) is 0. The van der Waals surface area contributed by atoms with Crippen LogP contribution in [0, 0.1) is 0 Å². The summed E-state index contributed by atoms with van der Waals surface area (Å²) >= 11 is 5.61. The van der Waals surface area contributed by atoms with E-state index in [1.807, 2.05) is 19.1 Å². The molecule has 0 atom stereocenters. The van der Waals surface area contributed by atoms with Crippen molar-refractivity contribution in [3.8, 4) is 11.3 Å². The normalized spacial score (nSPS) is 11.6. The summed E-state index contributed by atoms with van der Waals surface area (Å²) in [5.74, 6) is -1.23. The average Bonchev–Trinajstić information content (AvgIpc) is 2.37. The van der Waals surface area contributed by atoms with Gasteiger partial charge in [-0.05, 0) is 12.0 Å². The van der Waals surface area contributed by atoms with Crippen molar-refractivity contribution in [2.24, 2.45) is 0 Å². The molecule has 0 spiro atoms. The predicted octanol–water partition coefficient (Wildman–Crippen LogP) is 4.38. The van der Waals surface area contributed by atoms with Gasteiger partial charge in [-0.25, -0.2) is 9.97 Å². The van der Waals surface area contributed by atoms with Crippen LogP contribution in [0.1, 0.15) is 18.3 Å².